The SMILES string of the molecule is O=C1C2C=CC=CC2C(=O)N1Cc1ccccc1. The fourth-order valence-corrected chi connectivity index (χ4v) is 2.47. The van der Waals surface area contributed by atoms with Crippen LogP contribution in [-0.2, 0) is 16.1 Å². The normalized spacial score (nSPS) is 25.7. The van der Waals surface area contributed by atoms with Gasteiger partial charge >= 0.3 is 0 Å². The van der Waals surface area contributed by atoms with Crippen LogP contribution in [0.2, 0.25) is 0 Å². The molecule has 1 aliphatic carbocycles. The van der Waals surface area contributed by atoms with Crippen LogP contribution in [0.3, 0.4) is 0 Å². The Morgan fingerprint density at radius 2 is 1.44 bits per heavy atom. The Balaban J connectivity index is 1.85. The summed E-state index contributed by atoms with van der Waals surface area (Å²) in [4.78, 5) is 25.7. The van der Waals surface area contributed by atoms with Gasteiger partial charge in [0, 0.05) is 0 Å². The van der Waals surface area contributed by atoms with Gasteiger partial charge in [-0.15, -0.1) is 0 Å². The van der Waals surface area contributed by atoms with E-state index in [1.54, 1.807) is 0 Å². The summed E-state index contributed by atoms with van der Waals surface area (Å²) in [6.07, 6.45) is 7.29. The molecule has 0 radical (unpaired) electrons. The molecular formula is C15H13NO2. The van der Waals surface area contributed by atoms with E-state index >= 15 is 0 Å². The van der Waals surface area contributed by atoms with Gasteiger partial charge in [-0.25, -0.2) is 0 Å². The van der Waals surface area contributed by atoms with Crippen LogP contribution in [0.25, 0.3) is 0 Å². The number of imide groups is 1. The van der Waals surface area contributed by atoms with Crippen molar-refractivity contribution < 1.29 is 9.59 Å². The molecule has 2 unspecified atom stereocenters. The van der Waals surface area contributed by atoms with Gasteiger partial charge in [-0.05, 0) is 5.56 Å². The molecule has 3 nitrogen and oxygen atoms in total. The summed E-state index contributed by atoms with van der Waals surface area (Å²) in [6.45, 7) is 0.368. The van der Waals surface area contributed by atoms with Crippen molar-refractivity contribution in [1.82, 2.24) is 4.90 Å². The highest BCUT2D eigenvalue weighted by molar-refractivity contribution is 6.07. The average molecular weight is 239 g/mol. The molecule has 2 aliphatic rings. The fraction of sp³-hybridized carbons (Fsp3) is 0.200. The van der Waals surface area contributed by atoms with Crippen LogP contribution in [-0.4, -0.2) is 16.7 Å². The summed E-state index contributed by atoms with van der Waals surface area (Å²) in [5.41, 5.74) is 0.978. The molecule has 1 saturated heterocycles. The maximum atomic E-state index is 12.2. The van der Waals surface area contributed by atoms with Crippen LogP contribution in [0, 0.1) is 11.8 Å². The van der Waals surface area contributed by atoms with Crippen molar-refractivity contribution in [2.45, 2.75) is 6.54 Å². The largest absolute Gasteiger partial charge is 0.277 e. The fourth-order valence-electron chi connectivity index (χ4n) is 2.47. The van der Waals surface area contributed by atoms with E-state index in [0.717, 1.165) is 5.56 Å². The zero-order valence-corrected chi connectivity index (χ0v) is 9.82. The van der Waals surface area contributed by atoms with Crippen molar-refractivity contribution in [2.75, 3.05) is 0 Å². The van der Waals surface area contributed by atoms with Crippen molar-refractivity contribution in [3.63, 3.8) is 0 Å². The molecule has 0 N–H and O–H groups in total. The molecule has 0 saturated carbocycles. The minimum absolute atomic E-state index is 0.0885. The number of carbonyl (C=O) groups excluding carboxylic acids is 2. The Bertz CT molecular complexity index is 515. The Morgan fingerprint density at radius 3 is 2.00 bits per heavy atom. The van der Waals surface area contributed by atoms with E-state index in [1.807, 2.05) is 54.6 Å². The minimum atomic E-state index is -0.300. The zero-order valence-electron chi connectivity index (χ0n) is 9.82. The molecule has 1 aromatic carbocycles. The van der Waals surface area contributed by atoms with Crippen molar-refractivity contribution in [3.05, 3.63) is 60.2 Å². The molecule has 1 heterocycles. The second-order valence-corrected chi connectivity index (χ2v) is 4.57. The number of nitrogens with zero attached hydrogens (tertiary/aromatic N) is 1. The van der Waals surface area contributed by atoms with E-state index in [9.17, 15) is 9.59 Å². The lowest BCUT2D eigenvalue weighted by molar-refractivity contribution is -0.140. The maximum absolute atomic E-state index is 12.2. The summed E-state index contributed by atoms with van der Waals surface area (Å²) in [5, 5.41) is 0. The lowest BCUT2D eigenvalue weighted by atomic mass is 9.91. The Kier molecular flexibility index (Phi) is 2.59. The number of hydrogen-bond acceptors (Lipinski definition) is 2. The predicted molar refractivity (Wildman–Crippen MR) is 67.3 cm³/mol. The van der Waals surface area contributed by atoms with Crippen LogP contribution in [0.5, 0.6) is 0 Å². The molecule has 2 atom stereocenters. The van der Waals surface area contributed by atoms with E-state index in [0.29, 0.717) is 6.54 Å². The van der Waals surface area contributed by atoms with Gasteiger partial charge < -0.3 is 0 Å². The number of carbonyl (C=O) groups is 2. The third-order valence-corrected chi connectivity index (χ3v) is 3.42. The molecule has 3 heteroatoms. The van der Waals surface area contributed by atoms with Gasteiger partial charge in [-0.3, -0.25) is 14.5 Å². The molecule has 1 aromatic rings. The molecule has 18 heavy (non-hydrogen) atoms. The van der Waals surface area contributed by atoms with Crippen molar-refractivity contribution in [3.8, 4) is 0 Å². The maximum Gasteiger partial charge on any atom is 0.237 e. The summed E-state index contributed by atoms with van der Waals surface area (Å²) in [5.74, 6) is -0.777. The summed E-state index contributed by atoms with van der Waals surface area (Å²) in [6, 6.07) is 9.59. The number of likely N-dealkylation sites (tertiary alicyclic amines) is 1. The van der Waals surface area contributed by atoms with E-state index in [4.69, 9.17) is 0 Å². The minimum Gasteiger partial charge on any atom is -0.277 e. The van der Waals surface area contributed by atoms with Gasteiger partial charge in [0.25, 0.3) is 0 Å². The van der Waals surface area contributed by atoms with Gasteiger partial charge in [0.2, 0.25) is 11.8 Å². The van der Waals surface area contributed by atoms with Crippen LogP contribution in [0.15, 0.2) is 54.6 Å². The third-order valence-electron chi connectivity index (χ3n) is 3.42. The van der Waals surface area contributed by atoms with Gasteiger partial charge in [-0.1, -0.05) is 54.6 Å². The molecule has 0 bridgehead atoms. The molecule has 0 aromatic heterocycles. The molecular weight excluding hydrogens is 226 g/mol. The van der Waals surface area contributed by atoms with Gasteiger partial charge in [0.05, 0.1) is 18.4 Å². The lowest BCUT2D eigenvalue weighted by Crippen LogP contribution is -2.30. The number of rotatable bonds is 2. The predicted octanol–water partition coefficient (Wildman–Crippen LogP) is 1.91. The van der Waals surface area contributed by atoms with Gasteiger partial charge in [0.15, 0.2) is 0 Å². The van der Waals surface area contributed by atoms with Gasteiger partial charge in [-0.2, -0.15) is 0 Å². The van der Waals surface area contributed by atoms with Crippen molar-refractivity contribution >= 4 is 11.8 Å². The van der Waals surface area contributed by atoms with E-state index in [1.165, 1.54) is 4.90 Å². The Morgan fingerprint density at radius 1 is 0.889 bits per heavy atom. The van der Waals surface area contributed by atoms with E-state index in [2.05, 4.69) is 0 Å². The van der Waals surface area contributed by atoms with E-state index < -0.39 is 0 Å². The number of allylic oxidation sites excluding steroid dienone is 2. The van der Waals surface area contributed by atoms with Crippen LogP contribution in [0.4, 0.5) is 0 Å². The highest BCUT2D eigenvalue weighted by Gasteiger charge is 2.45. The zero-order chi connectivity index (χ0) is 12.5. The molecule has 1 aliphatic heterocycles. The molecule has 1 fully saturated rings. The highest BCUT2D eigenvalue weighted by Crippen LogP contribution is 2.31. The topological polar surface area (TPSA) is 37.4 Å². The first-order valence-electron chi connectivity index (χ1n) is 6.01. The average Bonchev–Trinajstić information content (AvgIpc) is 2.66. The number of fused-ring (bicyclic) bond motifs is 1. The first kappa shape index (κ1) is 11.0. The van der Waals surface area contributed by atoms with E-state index in [-0.39, 0.29) is 23.7 Å². The Labute approximate surface area is 105 Å². The summed E-state index contributed by atoms with van der Waals surface area (Å²) in [7, 11) is 0. The molecule has 3 rings (SSSR count). The van der Waals surface area contributed by atoms with Crippen molar-refractivity contribution in [1.29, 1.82) is 0 Å². The molecule has 2 amide bonds. The number of benzene rings is 1. The highest BCUT2D eigenvalue weighted by atomic mass is 16.2. The quantitative estimate of drug-likeness (QED) is 0.739. The smallest absolute Gasteiger partial charge is 0.237 e. The monoisotopic (exact) mass is 239 g/mol. The summed E-state index contributed by atoms with van der Waals surface area (Å²) >= 11 is 0. The number of amides is 2. The summed E-state index contributed by atoms with van der Waals surface area (Å²) < 4.78 is 0. The second-order valence-electron chi connectivity index (χ2n) is 4.57. The third kappa shape index (κ3) is 1.68. The van der Waals surface area contributed by atoms with Crippen LogP contribution < -0.4 is 0 Å². The van der Waals surface area contributed by atoms with Crippen LogP contribution >= 0.6 is 0 Å². The Hall–Kier alpha value is -2.16. The molecule has 0 spiro atoms. The lowest BCUT2D eigenvalue weighted by Gasteiger charge is -2.14. The van der Waals surface area contributed by atoms with Gasteiger partial charge in [0.1, 0.15) is 0 Å². The van der Waals surface area contributed by atoms with Crippen LogP contribution in [0.1, 0.15) is 5.56 Å². The standard InChI is InChI=1S/C15H13NO2/c17-14-12-8-4-5-9-13(12)15(18)16(14)10-11-6-2-1-3-7-11/h1-9,12-13H,10H2. The second kappa shape index (κ2) is 4.26. The molecule has 90 valence electrons. The number of hydrogen-bond donors (Lipinski definition) is 0. The first-order chi connectivity index (χ1) is 8.77. The first-order valence-corrected chi connectivity index (χ1v) is 6.01. The van der Waals surface area contributed by atoms with Crippen molar-refractivity contribution in [2.24, 2.45) is 11.8 Å².